The zero-order valence-corrected chi connectivity index (χ0v) is 19.8. The fourth-order valence-corrected chi connectivity index (χ4v) is 5.01. The Kier molecular flexibility index (Phi) is 7.25. The predicted molar refractivity (Wildman–Crippen MR) is 124 cm³/mol. The fourth-order valence-electron chi connectivity index (χ4n) is 2.51. The number of halogens is 2. The second-order valence-corrected chi connectivity index (χ2v) is 10.8. The molecule has 1 N–H and O–H groups in total. The highest BCUT2D eigenvalue weighted by atomic mass is 35.5. The molecule has 3 rings (SSSR count). The maximum atomic E-state index is 12.4. The second-order valence-electron chi connectivity index (χ2n) is 6.07. The molecule has 1 heterocycles. The Morgan fingerprint density at radius 1 is 1.17 bits per heavy atom. The molecule has 0 saturated heterocycles. The highest BCUT2D eigenvalue weighted by Gasteiger charge is 2.21. The molecule has 0 radical (unpaired) electrons. The molecule has 158 valence electrons. The first-order chi connectivity index (χ1) is 14.2. The van der Waals surface area contributed by atoms with E-state index in [0.29, 0.717) is 16.3 Å². The predicted octanol–water partition coefficient (Wildman–Crippen LogP) is 4.79. The molecule has 0 fully saturated rings. The Hall–Kier alpha value is -1.85. The van der Waals surface area contributed by atoms with E-state index in [-0.39, 0.29) is 28.2 Å². The number of carbonyl (C=O) groups is 1. The molecule has 1 aromatic heterocycles. The lowest BCUT2D eigenvalue weighted by molar-refractivity contribution is 0.102. The molecular weight excluding hydrogens is 487 g/mol. The molecule has 7 nitrogen and oxygen atoms in total. The summed E-state index contributed by atoms with van der Waals surface area (Å²) in [6.45, 7) is 0.0360. The molecule has 2 aromatic carbocycles. The summed E-state index contributed by atoms with van der Waals surface area (Å²) in [7, 11) is -3.63. The normalized spacial score (nSPS) is 11.3. The Morgan fingerprint density at radius 3 is 2.47 bits per heavy atom. The maximum absolute atomic E-state index is 12.4. The molecule has 0 unspecified atom stereocenters. The van der Waals surface area contributed by atoms with Gasteiger partial charge in [0.25, 0.3) is 5.91 Å². The number of nitrogens with one attached hydrogen (secondary N) is 1. The second kappa shape index (κ2) is 9.52. The molecule has 0 saturated carbocycles. The minimum absolute atomic E-state index is 0.0360. The van der Waals surface area contributed by atoms with Crippen molar-refractivity contribution in [3.05, 3.63) is 63.6 Å². The lowest BCUT2D eigenvalue weighted by atomic mass is 10.1. The maximum Gasteiger partial charge on any atom is 0.257 e. The zero-order chi connectivity index (χ0) is 21.9. The number of thioether (sulfide) groups is 1. The number of hydrogen-bond acceptors (Lipinski definition) is 7. The van der Waals surface area contributed by atoms with Crippen molar-refractivity contribution < 1.29 is 13.2 Å². The van der Waals surface area contributed by atoms with Crippen molar-refractivity contribution in [3.8, 4) is 0 Å². The van der Waals surface area contributed by atoms with Crippen LogP contribution in [0.2, 0.25) is 10.0 Å². The van der Waals surface area contributed by atoms with E-state index in [2.05, 4.69) is 15.5 Å². The number of nitrogens with zero attached hydrogens (tertiary/aromatic N) is 3. The minimum Gasteiger partial charge on any atom is -0.296 e. The van der Waals surface area contributed by atoms with Crippen LogP contribution in [-0.4, -0.2) is 37.0 Å². The van der Waals surface area contributed by atoms with Crippen LogP contribution in [0.3, 0.4) is 0 Å². The number of carbonyl (C=O) groups excluding carboxylic acids is 1. The third-order valence-corrected chi connectivity index (χ3v) is 7.69. The first-order valence-corrected chi connectivity index (χ1v) is 13.0. The van der Waals surface area contributed by atoms with E-state index in [1.165, 1.54) is 27.4 Å². The molecule has 0 aliphatic carbocycles. The van der Waals surface area contributed by atoms with Gasteiger partial charge in [-0.3, -0.25) is 14.4 Å². The Bertz CT molecular complexity index is 1170. The van der Waals surface area contributed by atoms with Gasteiger partial charge in [0.1, 0.15) is 0 Å². The van der Waals surface area contributed by atoms with E-state index in [4.69, 9.17) is 23.2 Å². The largest absolute Gasteiger partial charge is 0.296 e. The topological polar surface area (TPSA) is 92.3 Å². The van der Waals surface area contributed by atoms with Crippen LogP contribution in [0.5, 0.6) is 0 Å². The average molecular weight is 503 g/mol. The van der Waals surface area contributed by atoms with E-state index >= 15 is 0 Å². The molecule has 30 heavy (non-hydrogen) atoms. The number of rotatable bonds is 7. The van der Waals surface area contributed by atoms with Gasteiger partial charge in [-0.15, -0.1) is 10.2 Å². The van der Waals surface area contributed by atoms with Crippen LogP contribution in [0.25, 0.3) is 0 Å². The van der Waals surface area contributed by atoms with Gasteiger partial charge in [-0.25, -0.2) is 8.42 Å². The van der Waals surface area contributed by atoms with Gasteiger partial charge in [0.05, 0.1) is 28.5 Å². The van der Waals surface area contributed by atoms with Crippen molar-refractivity contribution in [3.63, 3.8) is 0 Å². The van der Waals surface area contributed by atoms with Crippen molar-refractivity contribution in [1.82, 2.24) is 10.2 Å². The summed E-state index contributed by atoms with van der Waals surface area (Å²) >= 11 is 15.0. The van der Waals surface area contributed by atoms with Gasteiger partial charge in [-0.05, 0) is 36.1 Å². The molecule has 3 aromatic rings. The summed E-state index contributed by atoms with van der Waals surface area (Å²) in [4.78, 5) is 12.4. The van der Waals surface area contributed by atoms with Gasteiger partial charge in [-0.1, -0.05) is 64.5 Å². The lowest BCUT2D eigenvalue weighted by Crippen LogP contribution is -2.29. The summed E-state index contributed by atoms with van der Waals surface area (Å²) < 4.78 is 26.6. The molecular formula is C18H16Cl2N4O3S3. The molecule has 0 bridgehead atoms. The quantitative estimate of drug-likeness (QED) is 0.368. The number of anilines is 2. The summed E-state index contributed by atoms with van der Waals surface area (Å²) in [6, 6.07) is 11.4. The number of aromatic nitrogens is 2. The number of hydrogen-bond donors (Lipinski definition) is 1. The number of benzene rings is 2. The average Bonchev–Trinajstić information content (AvgIpc) is 3.16. The summed E-state index contributed by atoms with van der Waals surface area (Å²) in [5, 5.41) is 11.3. The van der Waals surface area contributed by atoms with Crippen molar-refractivity contribution in [1.29, 1.82) is 0 Å². The molecule has 0 aliphatic rings. The van der Waals surface area contributed by atoms with E-state index in [0.717, 1.165) is 10.6 Å². The third-order valence-electron chi connectivity index (χ3n) is 3.94. The third kappa shape index (κ3) is 5.44. The number of sulfonamides is 1. The van der Waals surface area contributed by atoms with Crippen LogP contribution >= 0.6 is 46.3 Å². The Morgan fingerprint density at radius 2 is 1.87 bits per heavy atom. The van der Waals surface area contributed by atoms with Gasteiger partial charge < -0.3 is 0 Å². The molecule has 0 aliphatic heterocycles. The highest BCUT2D eigenvalue weighted by molar-refractivity contribution is 8.00. The smallest absolute Gasteiger partial charge is 0.257 e. The molecule has 1 amide bonds. The van der Waals surface area contributed by atoms with E-state index in [1.807, 2.05) is 6.26 Å². The molecule has 12 heteroatoms. The lowest BCUT2D eigenvalue weighted by Gasteiger charge is -2.24. The van der Waals surface area contributed by atoms with Gasteiger partial charge in [0, 0.05) is 5.56 Å². The SMILES string of the molecule is CSc1nnc(NC(=O)c2ccc(CN(c3cccc(Cl)c3Cl)S(C)(=O)=O)cc2)s1. The van der Waals surface area contributed by atoms with Crippen molar-refractivity contribution in [2.75, 3.05) is 22.1 Å². The fraction of sp³-hybridized carbons (Fsp3) is 0.167. The summed E-state index contributed by atoms with van der Waals surface area (Å²) in [5.41, 5.74) is 1.37. The van der Waals surface area contributed by atoms with Gasteiger partial charge in [0.15, 0.2) is 4.34 Å². The highest BCUT2D eigenvalue weighted by Crippen LogP contribution is 2.34. The zero-order valence-electron chi connectivity index (χ0n) is 15.8. The first-order valence-electron chi connectivity index (χ1n) is 8.38. The summed E-state index contributed by atoms with van der Waals surface area (Å²) in [5.74, 6) is -0.330. The van der Waals surface area contributed by atoms with E-state index in [1.54, 1.807) is 42.5 Å². The van der Waals surface area contributed by atoms with Crippen molar-refractivity contribution in [2.45, 2.75) is 10.9 Å². The van der Waals surface area contributed by atoms with Crippen LogP contribution in [0, 0.1) is 0 Å². The van der Waals surface area contributed by atoms with E-state index < -0.39 is 10.0 Å². The van der Waals surface area contributed by atoms with Gasteiger partial charge in [-0.2, -0.15) is 0 Å². The van der Waals surface area contributed by atoms with Crippen LogP contribution in [0.15, 0.2) is 46.8 Å². The first kappa shape index (κ1) is 22.8. The summed E-state index contributed by atoms with van der Waals surface area (Å²) in [6.07, 6.45) is 2.97. The molecule has 0 atom stereocenters. The van der Waals surface area contributed by atoms with Crippen LogP contribution in [0.4, 0.5) is 10.8 Å². The van der Waals surface area contributed by atoms with Crippen LogP contribution in [-0.2, 0) is 16.6 Å². The monoisotopic (exact) mass is 502 g/mol. The molecule has 0 spiro atoms. The standard InChI is InChI=1S/C18H16Cl2N4O3S3/c1-28-18-23-22-17(29-18)21-16(25)12-8-6-11(7-9-12)10-24(30(2,26)27)14-5-3-4-13(19)15(14)20/h3-9H,10H2,1-2H3,(H,21,22,25). The van der Waals surface area contributed by atoms with Crippen molar-refractivity contribution in [2.24, 2.45) is 0 Å². The van der Waals surface area contributed by atoms with Crippen LogP contribution < -0.4 is 9.62 Å². The van der Waals surface area contributed by atoms with Gasteiger partial charge >= 0.3 is 0 Å². The minimum atomic E-state index is -3.63. The Balaban J connectivity index is 1.78. The number of amides is 1. The van der Waals surface area contributed by atoms with E-state index in [9.17, 15) is 13.2 Å². The van der Waals surface area contributed by atoms with Crippen molar-refractivity contribution >= 4 is 73.0 Å². The van der Waals surface area contributed by atoms with Gasteiger partial charge in [0.2, 0.25) is 15.2 Å². The van der Waals surface area contributed by atoms with Crippen LogP contribution in [0.1, 0.15) is 15.9 Å². The Labute approximate surface area is 192 Å².